The van der Waals surface area contributed by atoms with Gasteiger partial charge in [-0.1, -0.05) is 13.8 Å². The van der Waals surface area contributed by atoms with Crippen molar-refractivity contribution in [2.24, 2.45) is 5.92 Å². The molecule has 1 aromatic rings. The topological polar surface area (TPSA) is 84.2 Å². The first-order valence-electron chi connectivity index (χ1n) is 6.48. The Morgan fingerprint density at radius 1 is 1.58 bits per heavy atom. The number of nitro groups is 1. The molecule has 7 heteroatoms. The van der Waals surface area contributed by atoms with Gasteiger partial charge in [-0.25, -0.2) is 4.98 Å². The van der Waals surface area contributed by atoms with E-state index in [2.05, 4.69) is 29.1 Å². The zero-order chi connectivity index (χ0) is 14.0. The highest BCUT2D eigenvalue weighted by atomic mass is 16.6. The highest BCUT2D eigenvalue weighted by Gasteiger charge is 2.34. The van der Waals surface area contributed by atoms with Crippen LogP contribution in [0.25, 0.3) is 0 Å². The van der Waals surface area contributed by atoms with Gasteiger partial charge in [0.25, 0.3) is 0 Å². The van der Waals surface area contributed by atoms with E-state index in [4.69, 9.17) is 0 Å². The average molecular weight is 265 g/mol. The quantitative estimate of drug-likeness (QED) is 0.626. The van der Waals surface area contributed by atoms with E-state index in [1.807, 2.05) is 4.90 Å². The van der Waals surface area contributed by atoms with Gasteiger partial charge >= 0.3 is 5.69 Å². The summed E-state index contributed by atoms with van der Waals surface area (Å²) in [4.78, 5) is 21.0. The fourth-order valence-electron chi connectivity index (χ4n) is 2.02. The van der Waals surface area contributed by atoms with Gasteiger partial charge in [0.1, 0.15) is 6.20 Å². The van der Waals surface area contributed by atoms with E-state index >= 15 is 0 Å². The predicted molar refractivity (Wildman–Crippen MR) is 73.4 cm³/mol. The Balaban J connectivity index is 2.40. The van der Waals surface area contributed by atoms with Crippen molar-refractivity contribution in [1.82, 2.24) is 9.97 Å². The van der Waals surface area contributed by atoms with Crippen molar-refractivity contribution < 1.29 is 4.92 Å². The summed E-state index contributed by atoms with van der Waals surface area (Å²) in [5.74, 6) is 1.27. The third-order valence-electron chi connectivity index (χ3n) is 2.99. The monoisotopic (exact) mass is 265 g/mol. The number of nitrogens with one attached hydrogen (secondary N) is 1. The fraction of sp³-hybridized carbons (Fsp3) is 0.667. The van der Waals surface area contributed by atoms with Gasteiger partial charge in [0, 0.05) is 19.6 Å². The first-order valence-corrected chi connectivity index (χ1v) is 6.48. The van der Waals surface area contributed by atoms with E-state index in [0.29, 0.717) is 23.7 Å². The number of hydrogen-bond acceptors (Lipinski definition) is 6. The highest BCUT2D eigenvalue weighted by molar-refractivity contribution is 5.60. The Morgan fingerprint density at radius 3 is 2.74 bits per heavy atom. The standard InChI is InChI=1S/C12H19N5O2/c1-8(2)7-16(9-4-5-9)11-10(17(18)19)6-14-12(13-3)15-11/h6,8-9H,4-5,7H2,1-3H3,(H,13,14,15). The maximum absolute atomic E-state index is 11.1. The van der Waals surface area contributed by atoms with Gasteiger partial charge in [-0.05, 0) is 18.8 Å². The normalized spacial score (nSPS) is 14.5. The second-order valence-electron chi connectivity index (χ2n) is 5.19. The first-order chi connectivity index (χ1) is 9.02. The molecular weight excluding hydrogens is 246 g/mol. The summed E-state index contributed by atoms with van der Waals surface area (Å²) in [5.41, 5.74) is -0.0217. The Hall–Kier alpha value is -1.92. The summed E-state index contributed by atoms with van der Waals surface area (Å²) < 4.78 is 0. The predicted octanol–water partition coefficient (Wildman–Crippen LogP) is 2.05. The van der Waals surface area contributed by atoms with Crippen LogP contribution in [0.4, 0.5) is 17.5 Å². The van der Waals surface area contributed by atoms with Crippen molar-refractivity contribution >= 4 is 17.5 Å². The van der Waals surface area contributed by atoms with Gasteiger partial charge < -0.3 is 10.2 Å². The lowest BCUT2D eigenvalue weighted by molar-refractivity contribution is -0.384. The molecule has 7 nitrogen and oxygen atoms in total. The number of anilines is 2. The van der Waals surface area contributed by atoms with Crippen LogP contribution in [0.15, 0.2) is 6.20 Å². The van der Waals surface area contributed by atoms with Crippen molar-refractivity contribution in [2.45, 2.75) is 32.7 Å². The van der Waals surface area contributed by atoms with Crippen LogP contribution in [-0.2, 0) is 0 Å². The summed E-state index contributed by atoms with van der Waals surface area (Å²) in [6.07, 6.45) is 3.43. The van der Waals surface area contributed by atoms with E-state index in [0.717, 1.165) is 19.4 Å². The summed E-state index contributed by atoms with van der Waals surface area (Å²) >= 11 is 0. The van der Waals surface area contributed by atoms with Crippen LogP contribution >= 0.6 is 0 Å². The van der Waals surface area contributed by atoms with Crippen LogP contribution < -0.4 is 10.2 Å². The molecule has 1 fully saturated rings. The van der Waals surface area contributed by atoms with Gasteiger partial charge in [-0.2, -0.15) is 4.98 Å². The summed E-state index contributed by atoms with van der Waals surface area (Å²) in [7, 11) is 1.70. The molecule has 0 aromatic carbocycles. The molecule has 0 atom stereocenters. The molecule has 0 saturated heterocycles. The molecule has 0 unspecified atom stereocenters. The van der Waals surface area contributed by atoms with Gasteiger partial charge in [0.05, 0.1) is 4.92 Å². The van der Waals surface area contributed by atoms with E-state index in [1.165, 1.54) is 6.20 Å². The van der Waals surface area contributed by atoms with E-state index in [9.17, 15) is 10.1 Å². The van der Waals surface area contributed by atoms with Crippen molar-refractivity contribution in [1.29, 1.82) is 0 Å². The zero-order valence-corrected chi connectivity index (χ0v) is 11.5. The number of aromatic nitrogens is 2. The summed E-state index contributed by atoms with van der Waals surface area (Å²) in [6, 6.07) is 0.376. The average Bonchev–Trinajstić information content (AvgIpc) is 3.19. The van der Waals surface area contributed by atoms with Gasteiger partial charge in [0.2, 0.25) is 11.8 Å². The molecule has 1 heterocycles. The maximum Gasteiger partial charge on any atom is 0.329 e. The lowest BCUT2D eigenvalue weighted by Crippen LogP contribution is -2.31. The SMILES string of the molecule is CNc1ncc([N+](=O)[O-])c(N(CC(C)C)C2CC2)n1. The number of hydrogen-bond donors (Lipinski definition) is 1. The van der Waals surface area contributed by atoms with Crippen LogP contribution in [0.3, 0.4) is 0 Å². The minimum absolute atomic E-state index is 0.0217. The number of rotatable bonds is 6. The van der Waals surface area contributed by atoms with Crippen LogP contribution in [-0.4, -0.2) is 34.5 Å². The Morgan fingerprint density at radius 2 is 2.26 bits per heavy atom. The van der Waals surface area contributed by atoms with E-state index < -0.39 is 4.92 Å². The van der Waals surface area contributed by atoms with E-state index in [1.54, 1.807) is 7.05 Å². The second kappa shape index (κ2) is 5.38. The van der Waals surface area contributed by atoms with Crippen LogP contribution in [0.5, 0.6) is 0 Å². The molecule has 0 amide bonds. The zero-order valence-electron chi connectivity index (χ0n) is 11.5. The Labute approximate surface area is 112 Å². The molecule has 104 valence electrons. The summed E-state index contributed by atoms with van der Waals surface area (Å²) in [5, 5.41) is 14.0. The third-order valence-corrected chi connectivity index (χ3v) is 2.99. The molecule has 1 aliphatic rings. The smallest absolute Gasteiger partial charge is 0.329 e. The molecule has 0 bridgehead atoms. The van der Waals surface area contributed by atoms with Gasteiger partial charge in [-0.3, -0.25) is 10.1 Å². The van der Waals surface area contributed by atoms with Gasteiger partial charge in [-0.15, -0.1) is 0 Å². The van der Waals surface area contributed by atoms with Crippen LogP contribution in [0, 0.1) is 16.0 Å². The minimum Gasteiger partial charge on any atom is -0.357 e. The fourth-order valence-corrected chi connectivity index (χ4v) is 2.02. The molecule has 1 saturated carbocycles. The second-order valence-corrected chi connectivity index (χ2v) is 5.19. The highest BCUT2D eigenvalue weighted by Crippen LogP contribution is 2.36. The lowest BCUT2D eigenvalue weighted by Gasteiger charge is -2.25. The van der Waals surface area contributed by atoms with Crippen LogP contribution in [0.1, 0.15) is 26.7 Å². The molecule has 2 rings (SSSR count). The molecule has 1 N–H and O–H groups in total. The Bertz CT molecular complexity index is 473. The van der Waals surface area contributed by atoms with E-state index in [-0.39, 0.29) is 5.69 Å². The Kier molecular flexibility index (Phi) is 3.82. The molecular formula is C12H19N5O2. The minimum atomic E-state index is -0.412. The lowest BCUT2D eigenvalue weighted by atomic mass is 10.2. The third kappa shape index (κ3) is 3.10. The molecule has 0 radical (unpaired) electrons. The molecule has 1 aliphatic carbocycles. The molecule has 0 aliphatic heterocycles. The van der Waals surface area contributed by atoms with Gasteiger partial charge in [0.15, 0.2) is 0 Å². The molecule has 0 spiro atoms. The maximum atomic E-state index is 11.1. The molecule has 19 heavy (non-hydrogen) atoms. The van der Waals surface area contributed by atoms with Crippen molar-refractivity contribution in [3.63, 3.8) is 0 Å². The number of nitrogens with zero attached hydrogens (tertiary/aromatic N) is 4. The van der Waals surface area contributed by atoms with Crippen molar-refractivity contribution in [2.75, 3.05) is 23.8 Å². The van der Waals surface area contributed by atoms with Crippen LogP contribution in [0.2, 0.25) is 0 Å². The first kappa shape index (κ1) is 13.5. The summed E-state index contributed by atoms with van der Waals surface area (Å²) in [6.45, 7) is 4.97. The molecule has 1 aromatic heterocycles. The van der Waals surface area contributed by atoms with Crippen molar-refractivity contribution in [3.8, 4) is 0 Å². The largest absolute Gasteiger partial charge is 0.357 e. The van der Waals surface area contributed by atoms with Crippen molar-refractivity contribution in [3.05, 3.63) is 16.3 Å².